The topological polar surface area (TPSA) is 149 Å². The minimum absolute atomic E-state index is 0.725. The molecule has 0 atom stereocenters. The minimum Gasteiger partial charge on any atom is -0.321 e. The van der Waals surface area contributed by atoms with Crippen molar-refractivity contribution in [3.63, 3.8) is 0 Å². The normalized spacial score (nSPS) is 13.6. The standard InChI is InChI=1S/C6H8O8P2S/c7-15(8,9)5-3-1-2-4-6(5)17(13,14)16(10,11)12/h1-4H,(H2,7,8,9)(H2,10,11,12). The van der Waals surface area contributed by atoms with Crippen molar-refractivity contribution in [1.82, 2.24) is 0 Å². The van der Waals surface area contributed by atoms with Crippen LogP contribution in [0.15, 0.2) is 29.2 Å². The summed E-state index contributed by atoms with van der Waals surface area (Å²) in [4.78, 5) is 34.0. The van der Waals surface area contributed by atoms with Gasteiger partial charge in [-0.1, -0.05) is 12.1 Å². The van der Waals surface area contributed by atoms with E-state index in [1.807, 2.05) is 0 Å². The second kappa shape index (κ2) is 4.29. The Balaban J connectivity index is 3.67. The lowest BCUT2D eigenvalue weighted by atomic mass is 10.4. The van der Waals surface area contributed by atoms with Crippen LogP contribution in [-0.2, 0) is 18.6 Å². The highest BCUT2D eigenvalue weighted by molar-refractivity contribution is 8.49. The summed E-state index contributed by atoms with van der Waals surface area (Å²) in [5, 5.41) is -0.941. The number of benzene rings is 1. The van der Waals surface area contributed by atoms with E-state index in [2.05, 4.69) is 0 Å². The van der Waals surface area contributed by atoms with E-state index in [1.54, 1.807) is 0 Å². The first-order valence-corrected chi connectivity index (χ1v) is 9.25. The number of rotatable bonds is 3. The van der Waals surface area contributed by atoms with Crippen molar-refractivity contribution in [2.75, 3.05) is 0 Å². The average molecular weight is 302 g/mol. The molecule has 4 N–H and O–H groups in total. The highest BCUT2D eigenvalue weighted by Crippen LogP contribution is 2.49. The van der Waals surface area contributed by atoms with E-state index in [4.69, 9.17) is 19.6 Å². The molecule has 17 heavy (non-hydrogen) atoms. The lowest BCUT2D eigenvalue weighted by Gasteiger charge is -2.11. The van der Waals surface area contributed by atoms with Crippen molar-refractivity contribution >= 4 is 29.2 Å². The van der Waals surface area contributed by atoms with Crippen molar-refractivity contribution in [2.24, 2.45) is 0 Å². The van der Waals surface area contributed by atoms with Crippen molar-refractivity contribution in [1.29, 1.82) is 0 Å². The molecule has 0 amide bonds. The maximum Gasteiger partial charge on any atom is 0.444 e. The Labute approximate surface area is 95.9 Å². The van der Waals surface area contributed by atoms with E-state index in [-0.39, 0.29) is 0 Å². The third-order valence-corrected chi connectivity index (χ3v) is 6.95. The fraction of sp³-hybridized carbons (Fsp3) is 0. The average Bonchev–Trinajstić information content (AvgIpc) is 2.14. The maximum absolute atomic E-state index is 11.4. The quantitative estimate of drug-likeness (QED) is 0.538. The molecule has 0 heterocycles. The van der Waals surface area contributed by atoms with E-state index in [1.165, 1.54) is 0 Å². The van der Waals surface area contributed by atoms with Crippen LogP contribution in [0, 0.1) is 0 Å². The van der Waals surface area contributed by atoms with Gasteiger partial charge in [-0.05, 0) is 12.1 Å². The van der Waals surface area contributed by atoms with Crippen LogP contribution in [0.3, 0.4) is 0 Å². The summed E-state index contributed by atoms with van der Waals surface area (Å²) in [5.41, 5.74) is 0. The van der Waals surface area contributed by atoms with Crippen LogP contribution in [0.25, 0.3) is 0 Å². The van der Waals surface area contributed by atoms with E-state index < -0.39 is 34.1 Å². The molecule has 1 aromatic rings. The molecule has 1 aromatic carbocycles. The summed E-state index contributed by atoms with van der Waals surface area (Å²) in [6.07, 6.45) is 0. The van der Waals surface area contributed by atoms with Gasteiger partial charge in [-0.25, -0.2) is 13.0 Å². The highest BCUT2D eigenvalue weighted by Gasteiger charge is 2.40. The summed E-state index contributed by atoms with van der Waals surface area (Å²) in [5.74, 6) is 0. The van der Waals surface area contributed by atoms with Crippen LogP contribution >= 0.6 is 14.4 Å². The Hall–Kier alpha value is -0.530. The summed E-state index contributed by atoms with van der Waals surface area (Å²) < 4.78 is 44.6. The van der Waals surface area contributed by atoms with Gasteiger partial charge in [-0.3, -0.25) is 4.57 Å². The SMILES string of the molecule is O=P(O)(O)c1ccccc1S(=O)(=O)P(=O)(O)O. The van der Waals surface area contributed by atoms with E-state index >= 15 is 0 Å². The molecular formula is C6H8O8P2S. The van der Waals surface area contributed by atoms with Crippen LogP contribution in [0.4, 0.5) is 0 Å². The molecule has 0 radical (unpaired) electrons. The first-order chi connectivity index (χ1) is 7.48. The Morgan fingerprint density at radius 2 is 1.41 bits per heavy atom. The molecule has 0 aliphatic rings. The van der Waals surface area contributed by atoms with Gasteiger partial charge in [0.2, 0.25) is 0 Å². The van der Waals surface area contributed by atoms with Crippen LogP contribution in [0.2, 0.25) is 0 Å². The highest BCUT2D eigenvalue weighted by atomic mass is 32.8. The zero-order valence-electron chi connectivity index (χ0n) is 8.03. The molecule has 1 rings (SSSR count). The predicted molar refractivity (Wildman–Crippen MR) is 57.4 cm³/mol. The molecule has 96 valence electrons. The largest absolute Gasteiger partial charge is 0.444 e. The molecule has 11 heteroatoms. The molecule has 0 aliphatic heterocycles. The van der Waals surface area contributed by atoms with Crippen LogP contribution < -0.4 is 5.30 Å². The molecule has 0 saturated heterocycles. The third kappa shape index (κ3) is 2.83. The summed E-state index contributed by atoms with van der Waals surface area (Å²) in [7, 11) is -10.1. The van der Waals surface area contributed by atoms with Gasteiger partial charge in [0, 0.05) is 0 Å². The Morgan fingerprint density at radius 1 is 0.941 bits per heavy atom. The van der Waals surface area contributed by atoms with E-state index in [0.717, 1.165) is 24.3 Å². The maximum atomic E-state index is 11.4. The van der Waals surface area contributed by atoms with Gasteiger partial charge in [0.25, 0.3) is 9.46 Å². The van der Waals surface area contributed by atoms with E-state index in [0.29, 0.717) is 0 Å². The van der Waals surface area contributed by atoms with E-state index in [9.17, 15) is 17.5 Å². The van der Waals surface area contributed by atoms with Gasteiger partial charge >= 0.3 is 14.4 Å². The van der Waals surface area contributed by atoms with Crippen molar-refractivity contribution < 1.29 is 37.1 Å². The van der Waals surface area contributed by atoms with Gasteiger partial charge in [-0.15, -0.1) is 0 Å². The van der Waals surface area contributed by atoms with Crippen LogP contribution in [-0.4, -0.2) is 28.0 Å². The molecule has 0 aliphatic carbocycles. The molecular weight excluding hydrogens is 294 g/mol. The predicted octanol–water partition coefficient (Wildman–Crippen LogP) is -0.644. The fourth-order valence-corrected chi connectivity index (χ4v) is 4.70. The second-order valence-electron chi connectivity index (χ2n) is 2.98. The Bertz CT molecular complexity index is 623. The van der Waals surface area contributed by atoms with Crippen molar-refractivity contribution in [2.45, 2.75) is 4.90 Å². The molecule has 8 nitrogen and oxygen atoms in total. The molecule has 0 bridgehead atoms. The van der Waals surface area contributed by atoms with Crippen LogP contribution in [0.1, 0.15) is 0 Å². The lowest BCUT2D eigenvalue weighted by molar-refractivity contribution is 0.386. The summed E-state index contributed by atoms with van der Waals surface area (Å²) in [6, 6.07) is 3.76. The first kappa shape index (κ1) is 14.5. The van der Waals surface area contributed by atoms with Crippen molar-refractivity contribution in [3.05, 3.63) is 24.3 Å². The minimum atomic E-state index is -5.56. The van der Waals surface area contributed by atoms with Crippen molar-refractivity contribution in [3.8, 4) is 0 Å². The zero-order chi connectivity index (χ0) is 13.5. The molecule has 0 saturated carbocycles. The number of hydrogen-bond acceptors (Lipinski definition) is 4. The number of hydrogen-bond donors (Lipinski definition) is 4. The van der Waals surface area contributed by atoms with Gasteiger partial charge < -0.3 is 19.6 Å². The van der Waals surface area contributed by atoms with Gasteiger partial charge in [0.15, 0.2) is 0 Å². The van der Waals surface area contributed by atoms with Crippen LogP contribution in [0.5, 0.6) is 0 Å². The lowest BCUT2D eigenvalue weighted by Crippen LogP contribution is -2.15. The van der Waals surface area contributed by atoms with Gasteiger partial charge in [0.1, 0.15) is 0 Å². The Kier molecular flexibility index (Phi) is 3.67. The first-order valence-electron chi connectivity index (χ1n) is 3.94. The Morgan fingerprint density at radius 3 is 1.82 bits per heavy atom. The smallest absolute Gasteiger partial charge is 0.321 e. The monoisotopic (exact) mass is 302 g/mol. The summed E-state index contributed by atoms with van der Waals surface area (Å²) in [6.45, 7) is -5.56. The third-order valence-electron chi connectivity index (χ3n) is 1.77. The fourth-order valence-electron chi connectivity index (χ4n) is 1.04. The molecule has 0 spiro atoms. The van der Waals surface area contributed by atoms with Gasteiger partial charge in [-0.2, -0.15) is 0 Å². The molecule has 0 fully saturated rings. The second-order valence-corrected chi connectivity index (χ2v) is 9.79. The molecule has 0 unspecified atom stereocenters. The van der Waals surface area contributed by atoms with Gasteiger partial charge in [0.05, 0.1) is 10.2 Å². The summed E-state index contributed by atoms with van der Waals surface area (Å²) >= 11 is 0. The zero-order valence-corrected chi connectivity index (χ0v) is 10.6. The molecule has 0 aromatic heterocycles.